The third-order valence-corrected chi connectivity index (χ3v) is 7.43. The Labute approximate surface area is 156 Å². The van der Waals surface area contributed by atoms with Crippen molar-refractivity contribution < 1.29 is 13.2 Å². The molecule has 0 radical (unpaired) electrons. The number of amides is 1. The van der Waals surface area contributed by atoms with Crippen LogP contribution in [0.1, 0.15) is 48.9 Å². The molecule has 1 amide bonds. The number of benzene rings is 1. The molecular formula is C19H29N3O3S. The molecule has 2 aliphatic rings. The zero-order valence-electron chi connectivity index (χ0n) is 15.9. The zero-order valence-corrected chi connectivity index (χ0v) is 16.7. The summed E-state index contributed by atoms with van der Waals surface area (Å²) in [6.07, 6.45) is 4.90. The molecule has 3 rings (SSSR count). The lowest BCUT2D eigenvalue weighted by atomic mass is 9.97. The highest BCUT2D eigenvalue weighted by Crippen LogP contribution is 2.26. The van der Waals surface area contributed by atoms with Crippen LogP contribution in [0.15, 0.2) is 18.2 Å². The minimum Gasteiger partial charge on any atom is -0.349 e. The van der Waals surface area contributed by atoms with Crippen molar-refractivity contribution in [3.05, 3.63) is 34.9 Å². The fourth-order valence-electron chi connectivity index (χ4n) is 3.87. The van der Waals surface area contributed by atoms with E-state index in [0.717, 1.165) is 24.8 Å². The Balaban J connectivity index is 1.64. The van der Waals surface area contributed by atoms with Crippen molar-refractivity contribution >= 4 is 16.1 Å². The fourth-order valence-corrected chi connectivity index (χ4v) is 5.06. The minimum atomic E-state index is -3.47. The molecule has 1 aromatic rings. The number of hydrogen-bond donors (Lipinski definition) is 1. The van der Waals surface area contributed by atoms with Gasteiger partial charge in [0.1, 0.15) is 0 Å². The number of carbonyl (C=O) groups excluding carboxylic acids is 1. The molecule has 7 heteroatoms. The van der Waals surface area contributed by atoms with Gasteiger partial charge in [0, 0.05) is 27.2 Å². The summed E-state index contributed by atoms with van der Waals surface area (Å²) in [5.74, 6) is -0.355. The highest BCUT2D eigenvalue weighted by atomic mass is 32.2. The average molecular weight is 380 g/mol. The van der Waals surface area contributed by atoms with Gasteiger partial charge in [-0.15, -0.1) is 0 Å². The summed E-state index contributed by atoms with van der Waals surface area (Å²) in [7, 11) is -0.422. The molecule has 1 fully saturated rings. The molecular weight excluding hydrogens is 350 g/mol. The maximum absolute atomic E-state index is 12.7. The Hall–Kier alpha value is -1.44. The predicted octanol–water partition coefficient (Wildman–Crippen LogP) is 1.87. The first-order chi connectivity index (χ1) is 12.3. The molecule has 6 nitrogen and oxygen atoms in total. The van der Waals surface area contributed by atoms with Gasteiger partial charge in [0.15, 0.2) is 0 Å². The van der Waals surface area contributed by atoms with E-state index >= 15 is 0 Å². The lowest BCUT2D eigenvalue weighted by Crippen LogP contribution is -2.49. The zero-order chi connectivity index (χ0) is 18.9. The molecule has 1 aliphatic heterocycles. The molecule has 1 N–H and O–H groups in total. The van der Waals surface area contributed by atoms with E-state index in [1.165, 1.54) is 40.3 Å². The second-order valence-corrected chi connectivity index (χ2v) is 9.74. The highest BCUT2D eigenvalue weighted by Gasteiger charge is 2.33. The van der Waals surface area contributed by atoms with E-state index in [0.29, 0.717) is 13.0 Å². The smallest absolute Gasteiger partial charge is 0.281 e. The summed E-state index contributed by atoms with van der Waals surface area (Å²) < 4.78 is 27.3. The van der Waals surface area contributed by atoms with E-state index in [1.807, 2.05) is 6.92 Å². The van der Waals surface area contributed by atoms with Crippen molar-refractivity contribution in [3.8, 4) is 0 Å². The lowest BCUT2D eigenvalue weighted by Gasteiger charge is -2.33. The van der Waals surface area contributed by atoms with Gasteiger partial charge in [0.2, 0.25) is 5.91 Å². The molecule has 26 heavy (non-hydrogen) atoms. The van der Waals surface area contributed by atoms with Crippen LogP contribution in [-0.2, 0) is 27.8 Å². The van der Waals surface area contributed by atoms with Crippen molar-refractivity contribution in [2.24, 2.45) is 5.92 Å². The van der Waals surface area contributed by atoms with E-state index < -0.39 is 10.2 Å². The SMILES string of the molecule is C[C@@H](NC(=O)[C@H]1CCCN(S(=O)(=O)N(C)C)C1)c1ccc2c(c1)CCC2. The van der Waals surface area contributed by atoms with E-state index in [2.05, 4.69) is 23.5 Å². The number of aryl methyl sites for hydroxylation is 2. The number of rotatable bonds is 5. The van der Waals surface area contributed by atoms with Crippen LogP contribution < -0.4 is 5.32 Å². The maximum Gasteiger partial charge on any atom is 0.281 e. The number of nitrogens with zero attached hydrogens (tertiary/aromatic N) is 2. The molecule has 1 aromatic carbocycles. The molecule has 2 atom stereocenters. The number of hydrogen-bond acceptors (Lipinski definition) is 3. The second-order valence-electron chi connectivity index (χ2n) is 7.60. The maximum atomic E-state index is 12.7. The molecule has 0 saturated carbocycles. The minimum absolute atomic E-state index is 0.0587. The van der Waals surface area contributed by atoms with Crippen LogP contribution in [0.5, 0.6) is 0 Å². The summed E-state index contributed by atoms with van der Waals surface area (Å²) in [5.41, 5.74) is 3.93. The molecule has 0 unspecified atom stereocenters. The van der Waals surface area contributed by atoms with Crippen LogP contribution in [0.4, 0.5) is 0 Å². The van der Waals surface area contributed by atoms with E-state index in [9.17, 15) is 13.2 Å². The van der Waals surface area contributed by atoms with Gasteiger partial charge in [-0.2, -0.15) is 17.0 Å². The van der Waals surface area contributed by atoms with E-state index in [4.69, 9.17) is 0 Å². The van der Waals surface area contributed by atoms with Gasteiger partial charge < -0.3 is 5.32 Å². The topological polar surface area (TPSA) is 69.7 Å². The largest absolute Gasteiger partial charge is 0.349 e. The molecule has 1 saturated heterocycles. The van der Waals surface area contributed by atoms with E-state index in [-0.39, 0.29) is 24.4 Å². The fraction of sp³-hybridized carbons (Fsp3) is 0.632. The number of piperidine rings is 1. The van der Waals surface area contributed by atoms with Crippen molar-refractivity contribution in [1.82, 2.24) is 13.9 Å². The summed E-state index contributed by atoms with van der Waals surface area (Å²) in [5, 5.41) is 3.08. The molecule has 1 heterocycles. The Kier molecular flexibility index (Phi) is 5.69. The number of nitrogens with one attached hydrogen (secondary N) is 1. The summed E-state index contributed by atoms with van der Waals surface area (Å²) in [6.45, 7) is 2.72. The Morgan fingerprint density at radius 3 is 2.69 bits per heavy atom. The first kappa shape index (κ1) is 19.3. The van der Waals surface area contributed by atoms with Crippen LogP contribution >= 0.6 is 0 Å². The summed E-state index contributed by atoms with van der Waals surface area (Å²) >= 11 is 0. The molecule has 0 aromatic heterocycles. The first-order valence-electron chi connectivity index (χ1n) is 9.38. The van der Waals surface area contributed by atoms with Gasteiger partial charge >= 0.3 is 0 Å². The van der Waals surface area contributed by atoms with Crippen molar-refractivity contribution in [1.29, 1.82) is 0 Å². The quantitative estimate of drug-likeness (QED) is 0.849. The number of carbonyl (C=O) groups is 1. The Bertz CT molecular complexity index is 776. The summed E-state index contributed by atoms with van der Waals surface area (Å²) in [6, 6.07) is 6.40. The second kappa shape index (κ2) is 7.66. The summed E-state index contributed by atoms with van der Waals surface area (Å²) in [4.78, 5) is 12.7. The first-order valence-corrected chi connectivity index (χ1v) is 10.8. The van der Waals surface area contributed by atoms with Gasteiger partial charge in [-0.25, -0.2) is 0 Å². The van der Waals surface area contributed by atoms with Crippen LogP contribution in [0.25, 0.3) is 0 Å². The van der Waals surface area contributed by atoms with Gasteiger partial charge in [0.25, 0.3) is 10.2 Å². The van der Waals surface area contributed by atoms with Gasteiger partial charge in [-0.05, 0) is 55.7 Å². The van der Waals surface area contributed by atoms with Gasteiger partial charge in [-0.1, -0.05) is 18.2 Å². The van der Waals surface area contributed by atoms with Crippen LogP contribution in [0, 0.1) is 5.92 Å². The van der Waals surface area contributed by atoms with E-state index in [1.54, 1.807) is 0 Å². The normalized spacial score (nSPS) is 22.2. The molecule has 1 aliphatic carbocycles. The Morgan fingerprint density at radius 2 is 1.96 bits per heavy atom. The van der Waals surface area contributed by atoms with Gasteiger partial charge in [-0.3, -0.25) is 4.79 Å². The Morgan fingerprint density at radius 1 is 1.23 bits per heavy atom. The molecule has 0 spiro atoms. The number of fused-ring (bicyclic) bond motifs is 1. The van der Waals surface area contributed by atoms with Crippen molar-refractivity contribution in [3.63, 3.8) is 0 Å². The van der Waals surface area contributed by atoms with Crippen molar-refractivity contribution in [2.45, 2.75) is 45.1 Å². The monoisotopic (exact) mass is 379 g/mol. The third kappa shape index (κ3) is 3.94. The third-order valence-electron chi connectivity index (χ3n) is 5.52. The standard InChI is InChI=1S/C19H29N3O3S/c1-14(16-10-9-15-6-4-7-17(15)12-16)20-19(23)18-8-5-11-22(13-18)26(24,25)21(2)3/h9-10,12,14,18H,4-8,11,13H2,1-3H3,(H,20,23)/t14-,18+/m1/s1. The van der Waals surface area contributed by atoms with Gasteiger partial charge in [0.05, 0.1) is 12.0 Å². The van der Waals surface area contributed by atoms with Crippen LogP contribution in [0.2, 0.25) is 0 Å². The lowest BCUT2D eigenvalue weighted by molar-refractivity contribution is -0.126. The van der Waals surface area contributed by atoms with Crippen LogP contribution in [-0.4, -0.2) is 50.1 Å². The van der Waals surface area contributed by atoms with Crippen LogP contribution in [0.3, 0.4) is 0 Å². The molecule has 144 valence electrons. The molecule has 0 bridgehead atoms. The predicted molar refractivity (Wildman–Crippen MR) is 102 cm³/mol. The van der Waals surface area contributed by atoms with Crippen molar-refractivity contribution in [2.75, 3.05) is 27.2 Å². The highest BCUT2D eigenvalue weighted by molar-refractivity contribution is 7.86. The average Bonchev–Trinajstić information content (AvgIpc) is 3.09.